The molecule has 0 radical (unpaired) electrons. The molecule has 1 aliphatic heterocycles. The van der Waals surface area contributed by atoms with E-state index in [-0.39, 0.29) is 5.82 Å². The van der Waals surface area contributed by atoms with E-state index in [4.69, 9.17) is 5.73 Å². The van der Waals surface area contributed by atoms with Gasteiger partial charge in [0, 0.05) is 12.7 Å². The van der Waals surface area contributed by atoms with E-state index in [2.05, 4.69) is 9.88 Å². The zero-order chi connectivity index (χ0) is 14.3. The fraction of sp³-hybridized carbons (Fsp3) is 0.750. The van der Waals surface area contributed by atoms with E-state index in [9.17, 15) is 13.2 Å². The summed E-state index contributed by atoms with van der Waals surface area (Å²) in [4.78, 5) is 5.60. The summed E-state index contributed by atoms with van der Waals surface area (Å²) in [7, 11) is 0. The molecule has 4 nitrogen and oxygen atoms in total. The molecule has 2 N–H and O–H groups in total. The molecule has 0 bridgehead atoms. The number of alkyl halides is 3. The third-order valence-electron chi connectivity index (χ3n) is 3.44. The van der Waals surface area contributed by atoms with Crippen LogP contribution in [0.15, 0.2) is 6.20 Å². The molecule has 0 atom stereocenters. The molecule has 0 spiro atoms. The molecule has 1 fully saturated rings. The first-order chi connectivity index (χ1) is 8.70. The van der Waals surface area contributed by atoms with Gasteiger partial charge in [0.25, 0.3) is 0 Å². The van der Waals surface area contributed by atoms with Gasteiger partial charge in [-0.05, 0) is 39.8 Å². The second-order valence-corrected chi connectivity index (χ2v) is 5.65. The number of nitrogens with two attached hydrogens (primary N) is 1. The van der Waals surface area contributed by atoms with Gasteiger partial charge >= 0.3 is 6.18 Å². The second kappa shape index (κ2) is 4.70. The van der Waals surface area contributed by atoms with Crippen molar-refractivity contribution in [1.29, 1.82) is 0 Å². The van der Waals surface area contributed by atoms with Crippen LogP contribution >= 0.6 is 0 Å². The molecule has 1 aromatic heterocycles. The molecule has 0 saturated carbocycles. The number of halogens is 3. The zero-order valence-corrected chi connectivity index (χ0v) is 11.2. The Kier molecular flexibility index (Phi) is 3.51. The Balaban J connectivity index is 2.28. The Bertz CT molecular complexity index is 444. The van der Waals surface area contributed by atoms with E-state index >= 15 is 0 Å². The number of aromatic nitrogens is 2. The second-order valence-electron chi connectivity index (χ2n) is 5.65. The number of rotatable bonds is 3. The zero-order valence-electron chi connectivity index (χ0n) is 11.2. The quantitative estimate of drug-likeness (QED) is 0.921. The molecular weight excluding hydrogens is 257 g/mol. The van der Waals surface area contributed by atoms with E-state index in [1.807, 2.05) is 0 Å². The lowest BCUT2D eigenvalue weighted by Crippen LogP contribution is -2.41. The Labute approximate surface area is 110 Å². The topological polar surface area (TPSA) is 47.1 Å². The van der Waals surface area contributed by atoms with Crippen molar-refractivity contribution in [1.82, 2.24) is 14.5 Å². The molecule has 0 unspecified atom stereocenters. The Hall–Kier alpha value is -1.24. The smallest absolute Gasteiger partial charge is 0.382 e. The van der Waals surface area contributed by atoms with Gasteiger partial charge in [-0.2, -0.15) is 13.2 Å². The number of anilines is 1. The summed E-state index contributed by atoms with van der Waals surface area (Å²) in [6, 6.07) is 0. The minimum Gasteiger partial charge on any atom is -0.382 e. The number of hydrogen-bond acceptors (Lipinski definition) is 3. The maximum atomic E-state index is 13.0. The van der Waals surface area contributed by atoms with Gasteiger partial charge in [-0.25, -0.2) is 4.98 Å². The summed E-state index contributed by atoms with van der Waals surface area (Å²) in [5.74, 6) is -1.02. The largest absolute Gasteiger partial charge is 0.449 e. The lowest BCUT2D eigenvalue weighted by molar-refractivity contribution is -0.149. The summed E-state index contributed by atoms with van der Waals surface area (Å²) in [5, 5.41) is 0. The van der Waals surface area contributed by atoms with E-state index in [0.29, 0.717) is 6.54 Å². The average Bonchev–Trinajstić information content (AvgIpc) is 2.85. The van der Waals surface area contributed by atoms with Gasteiger partial charge in [-0.1, -0.05) is 0 Å². The predicted octanol–water partition coefficient (Wildman–Crippen LogP) is 2.31. The summed E-state index contributed by atoms with van der Waals surface area (Å²) in [6.45, 7) is 6.00. The number of likely N-dealkylation sites (tertiary alicyclic amines) is 1. The Morgan fingerprint density at radius 1 is 1.26 bits per heavy atom. The summed E-state index contributed by atoms with van der Waals surface area (Å²) in [5.41, 5.74) is 4.74. The highest BCUT2D eigenvalue weighted by molar-refractivity contribution is 5.28. The molecule has 1 aliphatic rings. The van der Waals surface area contributed by atoms with Crippen LogP contribution < -0.4 is 5.73 Å². The van der Waals surface area contributed by atoms with Gasteiger partial charge in [-0.3, -0.25) is 0 Å². The molecule has 19 heavy (non-hydrogen) atoms. The first-order valence-electron chi connectivity index (χ1n) is 6.35. The highest BCUT2D eigenvalue weighted by Gasteiger charge is 2.40. The molecule has 1 aromatic rings. The van der Waals surface area contributed by atoms with Crippen molar-refractivity contribution in [2.45, 2.75) is 38.4 Å². The van der Waals surface area contributed by atoms with E-state index in [1.165, 1.54) is 6.20 Å². The third-order valence-corrected chi connectivity index (χ3v) is 3.44. The summed E-state index contributed by atoms with van der Waals surface area (Å²) < 4.78 is 40.0. The van der Waals surface area contributed by atoms with E-state index in [0.717, 1.165) is 30.5 Å². The number of imidazole rings is 1. The predicted molar refractivity (Wildman–Crippen MR) is 66.6 cm³/mol. The van der Waals surface area contributed by atoms with Gasteiger partial charge in [0.05, 0.1) is 5.54 Å². The summed E-state index contributed by atoms with van der Waals surface area (Å²) >= 11 is 0. The summed E-state index contributed by atoms with van der Waals surface area (Å²) in [6.07, 6.45) is -0.999. The first kappa shape index (κ1) is 14.2. The van der Waals surface area contributed by atoms with Crippen LogP contribution in [0.2, 0.25) is 0 Å². The molecular formula is C12H19F3N4. The third kappa shape index (κ3) is 3.02. The van der Waals surface area contributed by atoms with Crippen molar-refractivity contribution in [3.63, 3.8) is 0 Å². The van der Waals surface area contributed by atoms with Crippen LogP contribution in [0.4, 0.5) is 19.0 Å². The van der Waals surface area contributed by atoms with Gasteiger partial charge in [0.15, 0.2) is 0 Å². The maximum absolute atomic E-state index is 13.0. The first-order valence-corrected chi connectivity index (χ1v) is 6.35. The minimum absolute atomic E-state index is 0.0955. The van der Waals surface area contributed by atoms with Gasteiger partial charge in [0.2, 0.25) is 5.82 Å². The Morgan fingerprint density at radius 3 is 2.37 bits per heavy atom. The standard InChI is InChI=1S/C12H19F3N4/c1-11(2,8-18-5-3-4-6-18)19-7-9(16)17-10(19)12(13,14)15/h7H,3-6,8,16H2,1-2H3. The van der Waals surface area contributed by atoms with Crippen LogP contribution in [-0.2, 0) is 11.7 Å². The highest BCUT2D eigenvalue weighted by Crippen LogP contribution is 2.33. The van der Waals surface area contributed by atoms with Crippen molar-refractivity contribution >= 4 is 5.82 Å². The van der Waals surface area contributed by atoms with Crippen molar-refractivity contribution < 1.29 is 13.2 Å². The van der Waals surface area contributed by atoms with Crippen molar-refractivity contribution in [3.8, 4) is 0 Å². The molecule has 0 aliphatic carbocycles. The number of nitrogens with zero attached hydrogens (tertiary/aromatic N) is 3. The van der Waals surface area contributed by atoms with Gasteiger partial charge in [0.1, 0.15) is 5.82 Å². The fourth-order valence-electron chi connectivity index (χ4n) is 2.62. The number of hydrogen-bond donors (Lipinski definition) is 1. The van der Waals surface area contributed by atoms with E-state index in [1.54, 1.807) is 13.8 Å². The van der Waals surface area contributed by atoms with Gasteiger partial charge < -0.3 is 15.2 Å². The van der Waals surface area contributed by atoms with Crippen LogP contribution in [-0.4, -0.2) is 34.1 Å². The van der Waals surface area contributed by atoms with Gasteiger partial charge in [-0.15, -0.1) is 0 Å². The van der Waals surface area contributed by atoms with Crippen molar-refractivity contribution in [2.75, 3.05) is 25.4 Å². The molecule has 2 rings (SSSR count). The van der Waals surface area contributed by atoms with Crippen LogP contribution in [0, 0.1) is 0 Å². The van der Waals surface area contributed by atoms with Crippen molar-refractivity contribution in [2.24, 2.45) is 0 Å². The number of nitrogen functional groups attached to an aromatic ring is 1. The molecule has 0 amide bonds. The molecule has 2 heterocycles. The highest BCUT2D eigenvalue weighted by atomic mass is 19.4. The molecule has 1 saturated heterocycles. The lowest BCUT2D eigenvalue weighted by atomic mass is 10.0. The SMILES string of the molecule is CC(C)(CN1CCCC1)n1cc(N)nc1C(F)(F)F. The molecule has 0 aromatic carbocycles. The van der Waals surface area contributed by atoms with Crippen LogP contribution in [0.3, 0.4) is 0 Å². The fourth-order valence-corrected chi connectivity index (χ4v) is 2.62. The molecule has 108 valence electrons. The average molecular weight is 276 g/mol. The van der Waals surface area contributed by atoms with Crippen molar-refractivity contribution in [3.05, 3.63) is 12.0 Å². The normalized spacial score (nSPS) is 18.2. The minimum atomic E-state index is -4.49. The Morgan fingerprint density at radius 2 is 1.84 bits per heavy atom. The lowest BCUT2D eigenvalue weighted by Gasteiger charge is -2.33. The van der Waals surface area contributed by atoms with Crippen LogP contribution in [0.1, 0.15) is 32.5 Å². The maximum Gasteiger partial charge on any atom is 0.449 e. The van der Waals surface area contributed by atoms with Crippen LogP contribution in [0.25, 0.3) is 0 Å². The van der Waals surface area contributed by atoms with E-state index < -0.39 is 17.5 Å². The monoisotopic (exact) mass is 276 g/mol. The van der Waals surface area contributed by atoms with Crippen LogP contribution in [0.5, 0.6) is 0 Å². The molecule has 7 heteroatoms.